The van der Waals surface area contributed by atoms with Gasteiger partial charge in [0.25, 0.3) is 0 Å². The average molecular weight is 420 g/mol. The number of nitrogens with two attached hydrogens (primary N) is 1. The largest absolute Gasteiger partial charge is 0.395 e. The van der Waals surface area contributed by atoms with Crippen molar-refractivity contribution in [2.45, 2.75) is 37.2 Å². The van der Waals surface area contributed by atoms with Crippen LogP contribution in [0.25, 0.3) is 11.1 Å². The molecular weight excluding hydrogens is 398 g/mol. The fraction of sp³-hybridized carbons (Fsp3) is 0.350. The molecule has 8 heteroatoms. The van der Waals surface area contributed by atoms with Gasteiger partial charge in [0.1, 0.15) is 5.84 Å². The van der Waals surface area contributed by atoms with Gasteiger partial charge in [-0.1, -0.05) is 29.8 Å². The first kappa shape index (κ1) is 19.4. The van der Waals surface area contributed by atoms with Crippen molar-refractivity contribution < 1.29 is 13.5 Å². The lowest BCUT2D eigenvalue weighted by atomic mass is 9.93. The highest BCUT2D eigenvalue weighted by Crippen LogP contribution is 2.36. The van der Waals surface area contributed by atoms with Crippen molar-refractivity contribution in [2.24, 2.45) is 10.7 Å². The number of fused-ring (bicyclic) bond motifs is 1. The lowest BCUT2D eigenvalue weighted by Crippen LogP contribution is -2.37. The molecule has 6 nitrogen and oxygen atoms in total. The summed E-state index contributed by atoms with van der Waals surface area (Å²) < 4.78 is 27.4. The fourth-order valence-electron chi connectivity index (χ4n) is 4.12. The number of nitrogens with zero attached hydrogens (tertiary/aromatic N) is 2. The molecule has 148 valence electrons. The van der Waals surface area contributed by atoms with E-state index >= 15 is 0 Å². The SMILES string of the molecule is Cc1c(-c2ccc(S(=O)(=O)N3CCC[C@H]3CO)cc2Cl)ccc2c1C(N)=NC2. The maximum Gasteiger partial charge on any atom is 0.243 e. The zero-order valence-corrected chi connectivity index (χ0v) is 17.1. The van der Waals surface area contributed by atoms with Crippen LogP contribution >= 0.6 is 11.6 Å². The van der Waals surface area contributed by atoms with E-state index in [1.54, 1.807) is 12.1 Å². The molecule has 0 aromatic heterocycles. The van der Waals surface area contributed by atoms with Crippen LogP contribution in [0.5, 0.6) is 0 Å². The van der Waals surface area contributed by atoms with Gasteiger partial charge in [-0.3, -0.25) is 4.99 Å². The molecule has 1 saturated heterocycles. The average Bonchev–Trinajstić information content (AvgIpc) is 3.30. The molecule has 2 aromatic rings. The Morgan fingerprint density at radius 3 is 2.75 bits per heavy atom. The number of hydrogen-bond donors (Lipinski definition) is 2. The third-order valence-corrected chi connectivity index (χ3v) is 7.86. The van der Waals surface area contributed by atoms with Crippen molar-refractivity contribution in [3.8, 4) is 11.1 Å². The number of aliphatic imine (C=N–C) groups is 1. The monoisotopic (exact) mass is 419 g/mol. The lowest BCUT2D eigenvalue weighted by molar-refractivity contribution is 0.213. The number of rotatable bonds is 4. The van der Waals surface area contributed by atoms with Gasteiger partial charge in [0.15, 0.2) is 0 Å². The van der Waals surface area contributed by atoms with Crippen molar-refractivity contribution in [3.63, 3.8) is 0 Å². The summed E-state index contributed by atoms with van der Waals surface area (Å²) in [6.45, 7) is 2.78. The van der Waals surface area contributed by atoms with Crippen LogP contribution in [-0.2, 0) is 16.6 Å². The minimum atomic E-state index is -3.70. The van der Waals surface area contributed by atoms with Crippen LogP contribution in [0.15, 0.2) is 40.2 Å². The molecule has 3 N–H and O–H groups in total. The van der Waals surface area contributed by atoms with Gasteiger partial charge in [-0.2, -0.15) is 4.31 Å². The first-order valence-electron chi connectivity index (χ1n) is 9.20. The third kappa shape index (κ3) is 3.03. The second kappa shape index (κ2) is 7.15. The number of hydrogen-bond acceptors (Lipinski definition) is 5. The molecule has 2 aliphatic rings. The summed E-state index contributed by atoms with van der Waals surface area (Å²) in [7, 11) is -3.70. The van der Waals surface area contributed by atoms with Gasteiger partial charge in [0, 0.05) is 28.7 Å². The van der Waals surface area contributed by atoms with E-state index in [-0.39, 0.29) is 17.5 Å². The van der Waals surface area contributed by atoms with E-state index in [2.05, 4.69) is 4.99 Å². The number of aliphatic hydroxyl groups excluding tert-OH is 1. The topological polar surface area (TPSA) is 96.0 Å². The summed E-state index contributed by atoms with van der Waals surface area (Å²) in [6.07, 6.45) is 1.41. The number of aliphatic hydroxyl groups is 1. The van der Waals surface area contributed by atoms with Crippen LogP contribution in [0.4, 0.5) is 0 Å². The van der Waals surface area contributed by atoms with Crippen molar-refractivity contribution in [2.75, 3.05) is 13.2 Å². The Balaban J connectivity index is 1.74. The van der Waals surface area contributed by atoms with Crippen molar-refractivity contribution in [1.29, 1.82) is 0 Å². The van der Waals surface area contributed by atoms with E-state index in [1.807, 2.05) is 19.1 Å². The fourth-order valence-corrected chi connectivity index (χ4v) is 6.17. The Morgan fingerprint density at radius 1 is 1.29 bits per heavy atom. The molecule has 2 aromatic carbocycles. The minimum Gasteiger partial charge on any atom is -0.395 e. The molecule has 4 rings (SSSR count). The van der Waals surface area contributed by atoms with Gasteiger partial charge in [-0.15, -0.1) is 0 Å². The first-order chi connectivity index (χ1) is 13.3. The quantitative estimate of drug-likeness (QED) is 0.796. The smallest absolute Gasteiger partial charge is 0.243 e. The molecule has 0 aliphatic carbocycles. The summed E-state index contributed by atoms with van der Waals surface area (Å²) in [5.74, 6) is 0.522. The normalized spacial score (nSPS) is 19.7. The second-order valence-electron chi connectivity index (χ2n) is 7.21. The minimum absolute atomic E-state index is 0.140. The number of halogens is 1. The molecule has 2 aliphatic heterocycles. The van der Waals surface area contributed by atoms with Gasteiger partial charge in [0.05, 0.1) is 18.0 Å². The summed E-state index contributed by atoms with van der Waals surface area (Å²) in [5.41, 5.74) is 10.7. The summed E-state index contributed by atoms with van der Waals surface area (Å²) >= 11 is 6.51. The molecule has 0 radical (unpaired) electrons. The van der Waals surface area contributed by atoms with E-state index < -0.39 is 10.0 Å². The zero-order valence-electron chi connectivity index (χ0n) is 15.5. The van der Waals surface area contributed by atoms with E-state index in [4.69, 9.17) is 17.3 Å². The van der Waals surface area contributed by atoms with Crippen LogP contribution < -0.4 is 5.73 Å². The molecule has 0 spiro atoms. The molecule has 1 atom stereocenters. The Hall–Kier alpha value is -1.93. The summed E-state index contributed by atoms with van der Waals surface area (Å²) in [6, 6.07) is 8.38. The van der Waals surface area contributed by atoms with Gasteiger partial charge in [0.2, 0.25) is 10.0 Å². The van der Waals surface area contributed by atoms with Gasteiger partial charge < -0.3 is 10.8 Å². The van der Waals surface area contributed by atoms with E-state index in [0.29, 0.717) is 30.4 Å². The zero-order chi connectivity index (χ0) is 20.1. The van der Waals surface area contributed by atoms with Crippen molar-refractivity contribution >= 4 is 27.5 Å². The molecule has 0 bridgehead atoms. The Kier molecular flexibility index (Phi) is 4.95. The van der Waals surface area contributed by atoms with Crippen LogP contribution in [0, 0.1) is 6.92 Å². The highest BCUT2D eigenvalue weighted by molar-refractivity contribution is 7.89. The third-order valence-electron chi connectivity index (χ3n) is 5.60. The van der Waals surface area contributed by atoms with Gasteiger partial charge in [-0.25, -0.2) is 8.42 Å². The Morgan fingerprint density at radius 2 is 2.04 bits per heavy atom. The van der Waals surface area contributed by atoms with E-state index in [0.717, 1.165) is 34.2 Å². The molecule has 0 amide bonds. The molecule has 0 unspecified atom stereocenters. The first-order valence-corrected chi connectivity index (χ1v) is 11.0. The predicted octanol–water partition coefficient (Wildman–Crippen LogP) is 2.68. The maximum absolute atomic E-state index is 13.0. The summed E-state index contributed by atoms with van der Waals surface area (Å²) in [4.78, 5) is 4.42. The van der Waals surface area contributed by atoms with Gasteiger partial charge >= 0.3 is 0 Å². The molecular formula is C20H22ClN3O3S. The second-order valence-corrected chi connectivity index (χ2v) is 9.51. The van der Waals surface area contributed by atoms with Crippen molar-refractivity contribution in [1.82, 2.24) is 4.31 Å². The van der Waals surface area contributed by atoms with Crippen molar-refractivity contribution in [3.05, 3.63) is 52.0 Å². The molecule has 2 heterocycles. The standard InChI is InChI=1S/C20H22ClN3O3S/c1-12-16(6-4-13-10-23-20(22)19(12)13)17-7-5-15(9-18(17)21)28(26,27)24-8-2-3-14(24)11-25/h4-7,9,14,25H,2-3,8,10-11H2,1H3,(H2,22,23)/t14-/m0/s1. The molecule has 0 saturated carbocycles. The van der Waals surface area contributed by atoms with E-state index in [9.17, 15) is 13.5 Å². The Labute approximate surface area is 169 Å². The van der Waals surface area contributed by atoms with Crippen LogP contribution in [0.1, 0.15) is 29.5 Å². The summed E-state index contributed by atoms with van der Waals surface area (Å²) in [5, 5.41) is 9.83. The molecule has 1 fully saturated rings. The highest BCUT2D eigenvalue weighted by atomic mass is 35.5. The highest BCUT2D eigenvalue weighted by Gasteiger charge is 2.35. The Bertz CT molecular complexity index is 1080. The van der Waals surface area contributed by atoms with E-state index in [1.165, 1.54) is 10.4 Å². The van der Waals surface area contributed by atoms with Crippen LogP contribution in [0.2, 0.25) is 5.02 Å². The number of amidine groups is 1. The van der Waals surface area contributed by atoms with Gasteiger partial charge in [-0.05, 0) is 48.6 Å². The lowest BCUT2D eigenvalue weighted by Gasteiger charge is -2.23. The maximum atomic E-state index is 13.0. The number of benzene rings is 2. The molecule has 28 heavy (non-hydrogen) atoms. The van der Waals surface area contributed by atoms with Crippen LogP contribution in [0.3, 0.4) is 0 Å². The number of sulfonamides is 1. The predicted molar refractivity (Wildman–Crippen MR) is 110 cm³/mol. The van der Waals surface area contributed by atoms with Crippen LogP contribution in [-0.4, -0.2) is 42.9 Å².